The maximum absolute atomic E-state index is 2.47. The number of rotatable bonds is 8. The number of halogens is 2. The van der Waals surface area contributed by atoms with Gasteiger partial charge in [0.25, 0.3) is 0 Å². The van der Waals surface area contributed by atoms with Crippen LogP contribution in [0.4, 0.5) is 0 Å². The fraction of sp³-hybridized carbons (Fsp3) is 0.538. The van der Waals surface area contributed by atoms with E-state index < -0.39 is 0 Å². The molecule has 0 atom stereocenters. The van der Waals surface area contributed by atoms with Crippen LogP contribution in [0.1, 0.15) is 76.6 Å². The first kappa shape index (κ1) is 36.1. The Morgan fingerprint density at radius 3 is 1.52 bits per heavy atom. The summed E-state index contributed by atoms with van der Waals surface area (Å²) in [5, 5.41) is 0. The second-order valence-corrected chi connectivity index (χ2v) is 11.6. The Morgan fingerprint density at radius 1 is 0.677 bits per heavy atom. The fourth-order valence-corrected chi connectivity index (χ4v) is 6.17. The van der Waals surface area contributed by atoms with E-state index in [-0.39, 0.29) is 21.0 Å². The average molecular weight is 677 g/mol. The van der Waals surface area contributed by atoms with Crippen LogP contribution < -0.4 is 0 Å². The summed E-state index contributed by atoms with van der Waals surface area (Å²) < 4.78 is 2.75. The van der Waals surface area contributed by atoms with Crippen LogP contribution in [0.15, 0.2) is 34.1 Å². The zero-order chi connectivity index (χ0) is 21.1. The molecule has 0 aromatic heterocycles. The zero-order valence-corrected chi connectivity index (χ0v) is 24.8. The van der Waals surface area contributed by atoms with Crippen molar-refractivity contribution >= 4 is 68.7 Å². The Morgan fingerprint density at radius 2 is 1.10 bits per heavy atom. The van der Waals surface area contributed by atoms with Crippen molar-refractivity contribution < 1.29 is 6.15 Å². The molecule has 0 fully saturated rings. The van der Waals surface area contributed by atoms with Crippen LogP contribution in [0.5, 0.6) is 0 Å². The standard InChI is InChI=1S/C14H21IS.C10H13IS.2CH4.He/c1-6-7-8-16-14-11(4)9(2)13(15)10(3)12(14)5;1-2-3-8-12-10-6-4-9(11)5-7-10;;;/h6-8H2,1-5H3;4-7H,2-3,8H2,1H3;2*1H4;. The molecule has 5 heteroatoms. The SMILES string of the molecule is C.C.CCCCSc1c(C)c(C)c(I)c(C)c1C.CCCCSc1ccc(I)cc1.[He]. The third-order valence-corrected chi connectivity index (χ3v) is 9.62. The molecular formula is C26H42HeI2S2. The minimum absolute atomic E-state index is 0. The molecule has 0 aliphatic carbocycles. The summed E-state index contributed by atoms with van der Waals surface area (Å²) in [6.45, 7) is 13.5. The summed E-state index contributed by atoms with van der Waals surface area (Å²) in [4.78, 5) is 2.91. The quantitative estimate of drug-likeness (QED) is 0.155. The van der Waals surface area contributed by atoms with Crippen LogP contribution in [-0.4, -0.2) is 11.5 Å². The van der Waals surface area contributed by atoms with E-state index in [1.807, 2.05) is 23.5 Å². The van der Waals surface area contributed by atoms with Crippen molar-refractivity contribution in [3.63, 3.8) is 0 Å². The van der Waals surface area contributed by atoms with Gasteiger partial charge in [-0.15, -0.1) is 23.5 Å². The molecule has 0 amide bonds. The van der Waals surface area contributed by atoms with E-state index in [4.69, 9.17) is 0 Å². The topological polar surface area (TPSA) is 0 Å². The maximum atomic E-state index is 2.47. The normalized spacial score (nSPS) is 9.55. The van der Waals surface area contributed by atoms with Crippen LogP contribution >= 0.6 is 68.7 Å². The van der Waals surface area contributed by atoms with E-state index in [9.17, 15) is 0 Å². The largest absolute Gasteiger partial charge is 0.126 e. The summed E-state index contributed by atoms with van der Waals surface area (Å²) in [5.74, 6) is 2.49. The van der Waals surface area contributed by atoms with Crippen molar-refractivity contribution in [1.29, 1.82) is 0 Å². The molecule has 0 saturated carbocycles. The smallest absolute Gasteiger partial charge is 0.0194 e. The zero-order valence-electron chi connectivity index (χ0n) is 18.8. The Bertz CT molecular complexity index is 702. The summed E-state index contributed by atoms with van der Waals surface area (Å²) in [7, 11) is 0. The Hall–Kier alpha value is 0.509. The predicted octanol–water partition coefficient (Wildman–Crippen LogP) is 10.9. The van der Waals surface area contributed by atoms with Crippen molar-refractivity contribution in [2.75, 3.05) is 11.5 Å². The van der Waals surface area contributed by atoms with Crippen LogP contribution in [0.3, 0.4) is 0 Å². The van der Waals surface area contributed by atoms with Crippen molar-refractivity contribution in [2.45, 2.75) is 91.9 Å². The van der Waals surface area contributed by atoms with Gasteiger partial charge in [0.05, 0.1) is 0 Å². The molecule has 0 aliphatic rings. The van der Waals surface area contributed by atoms with Gasteiger partial charge in [-0.1, -0.05) is 41.5 Å². The molecule has 0 saturated heterocycles. The second-order valence-electron chi connectivity index (χ2n) is 7.00. The fourth-order valence-electron chi connectivity index (χ4n) is 2.63. The van der Waals surface area contributed by atoms with Gasteiger partial charge in [-0.2, -0.15) is 0 Å². The molecule has 0 aliphatic heterocycles. The van der Waals surface area contributed by atoms with Crippen LogP contribution in [0.25, 0.3) is 0 Å². The number of hydrogen-bond donors (Lipinski definition) is 0. The van der Waals surface area contributed by atoms with Gasteiger partial charge in [-0.25, -0.2) is 0 Å². The van der Waals surface area contributed by atoms with Crippen LogP contribution in [-0.2, 0) is 0 Å². The number of thioether (sulfide) groups is 2. The third-order valence-electron chi connectivity index (χ3n) is 4.79. The maximum Gasteiger partial charge on any atom is 0.0194 e. The Balaban J connectivity index is -0.000000476. The molecule has 0 nitrogen and oxygen atoms in total. The average Bonchev–Trinajstić information content (AvgIpc) is 2.70. The van der Waals surface area contributed by atoms with Gasteiger partial charge in [0.15, 0.2) is 0 Å². The molecule has 174 valence electrons. The first-order chi connectivity index (χ1) is 13.3. The molecule has 0 bridgehead atoms. The number of hydrogen-bond acceptors (Lipinski definition) is 2. The van der Waals surface area contributed by atoms with Crippen molar-refractivity contribution in [3.8, 4) is 0 Å². The van der Waals surface area contributed by atoms with Gasteiger partial charge >= 0.3 is 0 Å². The van der Waals surface area contributed by atoms with Gasteiger partial charge in [0.2, 0.25) is 0 Å². The van der Waals surface area contributed by atoms with Crippen LogP contribution in [0, 0.1) is 41.0 Å². The van der Waals surface area contributed by atoms with Gasteiger partial charge in [0, 0.05) is 23.1 Å². The van der Waals surface area contributed by atoms with Crippen LogP contribution in [0.2, 0.25) is 0 Å². The van der Waals surface area contributed by atoms with Gasteiger partial charge in [0.1, 0.15) is 0 Å². The molecule has 0 spiro atoms. The van der Waals surface area contributed by atoms with Gasteiger partial charge in [-0.3, -0.25) is 0 Å². The van der Waals surface area contributed by atoms with Gasteiger partial charge < -0.3 is 0 Å². The minimum Gasteiger partial charge on any atom is -0.126 e. The van der Waals surface area contributed by atoms with E-state index in [0.717, 1.165) is 0 Å². The van der Waals surface area contributed by atoms with E-state index in [2.05, 4.69) is 111 Å². The summed E-state index contributed by atoms with van der Waals surface area (Å²) in [6, 6.07) is 8.72. The number of unbranched alkanes of at least 4 members (excludes halogenated alkanes) is 2. The number of benzene rings is 2. The Kier molecular flexibility index (Phi) is 23.2. The molecular weight excluding hydrogens is 634 g/mol. The molecule has 31 heavy (non-hydrogen) atoms. The van der Waals surface area contributed by atoms with Crippen molar-refractivity contribution in [3.05, 3.63) is 53.7 Å². The first-order valence-corrected chi connectivity index (χ1v) is 14.2. The van der Waals surface area contributed by atoms with E-state index in [0.29, 0.717) is 0 Å². The molecule has 0 unspecified atom stereocenters. The summed E-state index contributed by atoms with van der Waals surface area (Å²) >= 11 is 8.79. The molecule has 0 N–H and O–H groups in total. The third kappa shape index (κ3) is 12.5. The minimum atomic E-state index is 0. The van der Waals surface area contributed by atoms with E-state index >= 15 is 0 Å². The molecule has 2 aromatic rings. The van der Waals surface area contributed by atoms with Crippen molar-refractivity contribution in [1.82, 2.24) is 0 Å². The predicted molar refractivity (Wildman–Crippen MR) is 162 cm³/mol. The molecule has 2 rings (SSSR count). The van der Waals surface area contributed by atoms with Crippen molar-refractivity contribution in [2.24, 2.45) is 0 Å². The first-order valence-electron chi connectivity index (χ1n) is 10.1. The van der Waals surface area contributed by atoms with Gasteiger partial charge in [-0.05, 0) is 144 Å². The van der Waals surface area contributed by atoms with E-state index in [1.54, 1.807) is 0 Å². The molecule has 0 radical (unpaired) electrons. The summed E-state index contributed by atoms with van der Waals surface area (Å²) in [6.07, 6.45) is 5.20. The molecule has 0 heterocycles. The molecule has 2 aromatic carbocycles. The second kappa shape index (κ2) is 19.9. The Labute approximate surface area is 230 Å². The van der Waals surface area contributed by atoms with E-state index in [1.165, 1.54) is 76.4 Å². The monoisotopic (exact) mass is 676 g/mol. The summed E-state index contributed by atoms with van der Waals surface area (Å²) in [5.41, 5.74) is 5.88.